The highest BCUT2D eigenvalue weighted by Gasteiger charge is 2.44. The molecule has 0 bridgehead atoms. The first-order valence-electron chi connectivity index (χ1n) is 6.41. The summed E-state index contributed by atoms with van der Waals surface area (Å²) in [6.07, 6.45) is -6.93. The summed E-state index contributed by atoms with van der Waals surface area (Å²) in [7, 11) is 0. The van der Waals surface area contributed by atoms with Crippen LogP contribution in [0.5, 0.6) is 5.75 Å². The van der Waals surface area contributed by atoms with E-state index in [1.165, 1.54) is 18.2 Å². The van der Waals surface area contributed by atoms with Gasteiger partial charge in [0.15, 0.2) is 4.98 Å². The van der Waals surface area contributed by atoms with Crippen molar-refractivity contribution in [2.45, 2.75) is 30.7 Å². The highest BCUT2D eigenvalue weighted by atomic mass is 16.7. The molecule has 1 aliphatic rings. The van der Waals surface area contributed by atoms with Crippen molar-refractivity contribution < 1.29 is 31.3 Å². The van der Waals surface area contributed by atoms with Gasteiger partial charge < -0.3 is 29.9 Å². The average molecular weight is 285 g/mol. The van der Waals surface area contributed by atoms with Crippen LogP contribution in [0, 0.1) is 5.39 Å². The molecule has 1 saturated heterocycles. The molecule has 108 valence electrons. The first-order valence-corrected chi connectivity index (χ1v) is 5.91. The third-order valence-corrected chi connectivity index (χ3v) is 2.98. The Hall–Kier alpha value is -1.76. The van der Waals surface area contributed by atoms with Gasteiger partial charge in [0.2, 0.25) is 11.7 Å². The molecular weight excluding hydrogens is 268 g/mol. The topological polar surface area (TPSA) is 128 Å². The van der Waals surface area contributed by atoms with E-state index >= 15 is 0 Å². The SMILES string of the molecule is [3H]c1cc(O[C@H]2O[C@H](CO)[C@H](O)[C@H](O)[C@H]2O)ccc1[N+]#N. The fourth-order valence-corrected chi connectivity index (χ4v) is 1.84. The molecule has 0 unspecified atom stereocenters. The van der Waals surface area contributed by atoms with Crippen LogP contribution >= 0.6 is 0 Å². The molecule has 5 atom stereocenters. The number of hydrogen-bond acceptors (Lipinski definition) is 7. The molecule has 1 heterocycles. The van der Waals surface area contributed by atoms with Crippen LogP contribution in [0.4, 0.5) is 5.69 Å². The predicted octanol–water partition coefficient (Wildman–Crippen LogP) is -0.650. The molecule has 0 amide bonds. The van der Waals surface area contributed by atoms with Crippen LogP contribution in [0.15, 0.2) is 24.2 Å². The van der Waals surface area contributed by atoms with Gasteiger partial charge in [0.1, 0.15) is 30.2 Å². The summed E-state index contributed by atoms with van der Waals surface area (Å²) < 4.78 is 18.0. The minimum Gasteiger partial charge on any atom is -0.462 e. The van der Waals surface area contributed by atoms with Crippen LogP contribution in [0.3, 0.4) is 0 Å². The molecule has 1 fully saturated rings. The van der Waals surface area contributed by atoms with Gasteiger partial charge in [-0.05, 0) is 12.1 Å². The van der Waals surface area contributed by atoms with Crippen LogP contribution in [0.1, 0.15) is 1.37 Å². The normalized spacial score (nSPS) is 34.1. The van der Waals surface area contributed by atoms with Gasteiger partial charge in [0, 0.05) is 12.1 Å². The Labute approximate surface area is 115 Å². The third-order valence-electron chi connectivity index (χ3n) is 2.98. The van der Waals surface area contributed by atoms with Crippen molar-refractivity contribution in [3.63, 3.8) is 0 Å². The van der Waals surface area contributed by atoms with E-state index < -0.39 is 37.3 Å². The van der Waals surface area contributed by atoms with Gasteiger partial charge in [0.05, 0.1) is 7.98 Å². The molecule has 20 heavy (non-hydrogen) atoms. The minimum atomic E-state index is -1.54. The summed E-state index contributed by atoms with van der Waals surface area (Å²) in [6.45, 7) is -0.559. The molecule has 4 N–H and O–H groups in total. The van der Waals surface area contributed by atoms with Crippen molar-refractivity contribution >= 4 is 5.69 Å². The second-order valence-electron chi connectivity index (χ2n) is 4.32. The van der Waals surface area contributed by atoms with Crippen molar-refractivity contribution in [3.8, 4) is 5.75 Å². The number of aliphatic hydroxyl groups excluding tert-OH is 4. The van der Waals surface area contributed by atoms with Crippen LogP contribution in [0.25, 0.3) is 4.98 Å². The van der Waals surface area contributed by atoms with Gasteiger partial charge in [-0.25, -0.2) is 0 Å². The summed E-state index contributed by atoms with van der Waals surface area (Å²) in [5.74, 6) is 0.136. The lowest BCUT2D eigenvalue weighted by Crippen LogP contribution is -2.60. The lowest BCUT2D eigenvalue weighted by atomic mass is 9.99. The van der Waals surface area contributed by atoms with E-state index in [9.17, 15) is 15.3 Å². The Morgan fingerprint density at radius 2 is 2.00 bits per heavy atom. The van der Waals surface area contributed by atoms with Crippen molar-refractivity contribution in [3.05, 3.63) is 29.2 Å². The number of nitrogens with zero attached hydrogens (tertiary/aromatic N) is 2. The highest BCUT2D eigenvalue weighted by Crippen LogP contribution is 2.25. The van der Waals surface area contributed by atoms with Crippen LogP contribution < -0.4 is 4.74 Å². The number of aliphatic hydroxyl groups is 4. The van der Waals surface area contributed by atoms with Gasteiger partial charge in [-0.3, -0.25) is 0 Å². The van der Waals surface area contributed by atoms with E-state index in [0.717, 1.165) is 0 Å². The Kier molecular flexibility index (Phi) is 4.05. The van der Waals surface area contributed by atoms with Crippen LogP contribution in [-0.2, 0) is 4.74 Å². The van der Waals surface area contributed by atoms with Crippen LogP contribution in [-0.4, -0.2) is 57.7 Å². The molecular formula is C12H15N2O6+. The maximum absolute atomic E-state index is 9.81. The molecule has 0 aliphatic carbocycles. The van der Waals surface area contributed by atoms with E-state index in [2.05, 4.69) is 4.98 Å². The quantitative estimate of drug-likeness (QED) is 0.543. The van der Waals surface area contributed by atoms with Crippen molar-refractivity contribution in [2.75, 3.05) is 6.61 Å². The summed E-state index contributed by atoms with van der Waals surface area (Å²) in [6, 6.07) is 3.83. The largest absolute Gasteiger partial charge is 0.462 e. The maximum Gasteiger partial charge on any atom is 0.385 e. The second-order valence-corrected chi connectivity index (χ2v) is 4.32. The Morgan fingerprint density at radius 3 is 2.60 bits per heavy atom. The highest BCUT2D eigenvalue weighted by molar-refractivity contribution is 5.46. The second kappa shape index (κ2) is 6.13. The lowest BCUT2D eigenvalue weighted by molar-refractivity contribution is -0.277. The first-order chi connectivity index (χ1) is 9.97. The molecule has 8 heteroatoms. The molecule has 0 spiro atoms. The van der Waals surface area contributed by atoms with Crippen molar-refractivity contribution in [1.82, 2.24) is 0 Å². The Balaban J connectivity index is 2.15. The molecule has 1 aromatic rings. The zero-order chi connectivity index (χ0) is 15.6. The Morgan fingerprint density at radius 1 is 1.25 bits per heavy atom. The number of hydrogen-bond donors (Lipinski definition) is 4. The molecule has 0 radical (unpaired) electrons. The van der Waals surface area contributed by atoms with Crippen molar-refractivity contribution in [2.24, 2.45) is 0 Å². The van der Waals surface area contributed by atoms with E-state index in [-0.39, 0.29) is 17.5 Å². The molecule has 8 nitrogen and oxygen atoms in total. The predicted molar refractivity (Wildman–Crippen MR) is 65.6 cm³/mol. The third kappa shape index (κ3) is 2.87. The number of rotatable bonds is 3. The van der Waals surface area contributed by atoms with E-state index in [1.54, 1.807) is 0 Å². The van der Waals surface area contributed by atoms with E-state index in [1.807, 2.05) is 0 Å². The first kappa shape index (κ1) is 13.2. The lowest BCUT2D eigenvalue weighted by Gasteiger charge is -2.39. The summed E-state index contributed by atoms with van der Waals surface area (Å²) in [5, 5.41) is 46.7. The molecule has 0 saturated carbocycles. The van der Waals surface area contributed by atoms with E-state index in [4.69, 9.17) is 21.3 Å². The van der Waals surface area contributed by atoms with Gasteiger partial charge in [-0.1, -0.05) is 0 Å². The monoisotopic (exact) mass is 285 g/mol. The standard InChI is InChI=1S/C12H15N2O6/c13-14-6-1-3-7(4-2-6)19-12-11(18)10(17)9(16)8(5-15)20-12/h1-4,8-12,15-18H,5H2/q+1/t8-,9+,10+,11-,12+/m1/s1/i1T. The summed E-state index contributed by atoms with van der Waals surface area (Å²) >= 11 is 0. The summed E-state index contributed by atoms with van der Waals surface area (Å²) in [4.78, 5) is 2.89. The van der Waals surface area contributed by atoms with Gasteiger partial charge >= 0.3 is 5.69 Å². The summed E-state index contributed by atoms with van der Waals surface area (Å²) in [5.41, 5.74) is 0.0381. The van der Waals surface area contributed by atoms with Crippen LogP contribution in [0.2, 0.25) is 0 Å². The number of diazo groups is 1. The maximum atomic E-state index is 9.81. The zero-order valence-electron chi connectivity index (χ0n) is 11.3. The fourth-order valence-electron chi connectivity index (χ4n) is 1.84. The average Bonchev–Trinajstić information content (AvgIpc) is 2.48. The molecule has 1 aromatic carbocycles. The Bertz CT molecular complexity index is 549. The molecule has 2 rings (SSSR count). The van der Waals surface area contributed by atoms with Gasteiger partial charge in [-0.2, -0.15) is 0 Å². The fraction of sp³-hybridized carbons (Fsp3) is 0.500. The number of ether oxygens (including phenoxy) is 2. The van der Waals surface area contributed by atoms with Crippen molar-refractivity contribution in [1.29, 1.82) is 5.39 Å². The van der Waals surface area contributed by atoms with Gasteiger partial charge in [0.25, 0.3) is 0 Å². The van der Waals surface area contributed by atoms with E-state index in [0.29, 0.717) is 0 Å². The molecule has 1 aliphatic heterocycles. The van der Waals surface area contributed by atoms with Gasteiger partial charge in [-0.15, -0.1) is 0 Å². The number of benzene rings is 1. The zero-order valence-corrected chi connectivity index (χ0v) is 10.3. The smallest absolute Gasteiger partial charge is 0.385 e. The molecule has 0 aromatic heterocycles. The minimum absolute atomic E-state index is 0.0381.